The number of aliphatic hydroxyl groups is 8. The third-order valence-electron chi connectivity index (χ3n) is 10.5. The molecule has 4 heterocycles. The molecule has 3 aliphatic heterocycles. The Labute approximate surface area is 329 Å². The quantitative estimate of drug-likeness (QED) is 0.0494. The molecule has 0 saturated carbocycles. The van der Waals surface area contributed by atoms with Gasteiger partial charge in [0, 0.05) is 25.6 Å². The SMILES string of the molecule is CC(=O)NC1C(OC2OC(CC(O)C3OC(n4ccc(=O)[nH]c4=O)C(O)C3O)C(O)C(O)C2NC(=O)/C=C\CCCCCCCCC(C)C)OC(CO)C(O)C1O. The average Bonchev–Trinajstić information content (AvgIpc) is 3.45. The number of nitrogens with one attached hydrogen (secondary N) is 3. The molecular formula is C37H60N4O16. The van der Waals surface area contributed by atoms with Crippen LogP contribution in [-0.2, 0) is 28.5 Å². The molecule has 0 spiro atoms. The minimum Gasteiger partial charge on any atom is -0.394 e. The van der Waals surface area contributed by atoms with Crippen LogP contribution in [0.2, 0.25) is 0 Å². The van der Waals surface area contributed by atoms with Crippen molar-refractivity contribution in [3.8, 4) is 0 Å². The van der Waals surface area contributed by atoms with Crippen molar-refractivity contribution < 1.29 is 69.4 Å². The van der Waals surface area contributed by atoms with Crippen molar-refractivity contribution in [2.45, 2.75) is 170 Å². The number of hydrogen-bond donors (Lipinski definition) is 11. The molecule has 3 fully saturated rings. The zero-order valence-corrected chi connectivity index (χ0v) is 32.4. The van der Waals surface area contributed by atoms with Gasteiger partial charge in [0.15, 0.2) is 18.8 Å². The minimum atomic E-state index is -1.85. The normalized spacial score (nSPS) is 35.1. The number of carbonyl (C=O) groups excluding carboxylic acids is 2. The summed E-state index contributed by atoms with van der Waals surface area (Å²) in [5.41, 5.74) is -1.68. The number of ether oxygens (including phenoxy) is 4. The van der Waals surface area contributed by atoms with Gasteiger partial charge in [0.05, 0.1) is 18.8 Å². The summed E-state index contributed by atoms with van der Waals surface area (Å²) in [6, 6.07) is -2.01. The highest BCUT2D eigenvalue weighted by molar-refractivity contribution is 5.87. The van der Waals surface area contributed by atoms with Gasteiger partial charge in [-0.2, -0.15) is 0 Å². The standard InChI is InChI=1S/C37H60N4O16/c1-18(2)12-10-8-6-4-5-7-9-11-13-23(45)39-26-30(50)27(47)21(54-36(26)57-35-25(38-19(3)43)29(49)28(48)22(17-42)55-35)16-20(44)33-31(51)32(52)34(56-33)41-15-14-24(46)40-37(41)53/h11,13-15,18,20-22,25-36,42,44,47-52H,4-10,12,16-17H2,1-3H3,(H,38,43)(H,39,45)(H,40,46,53)/b13-11-. The largest absolute Gasteiger partial charge is 0.394 e. The van der Waals surface area contributed by atoms with E-state index in [0.29, 0.717) is 12.3 Å². The summed E-state index contributed by atoms with van der Waals surface area (Å²) in [5, 5.41) is 91.3. The molecule has 3 saturated heterocycles. The molecule has 20 nitrogen and oxygen atoms in total. The van der Waals surface area contributed by atoms with E-state index < -0.39 is 128 Å². The molecule has 0 radical (unpaired) electrons. The Morgan fingerprint density at radius 2 is 1.44 bits per heavy atom. The molecule has 15 atom stereocenters. The molecule has 0 aromatic carbocycles. The van der Waals surface area contributed by atoms with Crippen molar-refractivity contribution in [3.05, 3.63) is 45.3 Å². The predicted octanol–water partition coefficient (Wildman–Crippen LogP) is -2.87. The Hall–Kier alpha value is -3.12. The highest BCUT2D eigenvalue weighted by atomic mass is 16.8. The molecule has 1 aromatic heterocycles. The lowest BCUT2D eigenvalue weighted by Crippen LogP contribution is -2.68. The second kappa shape index (κ2) is 21.8. The van der Waals surface area contributed by atoms with E-state index >= 15 is 0 Å². The molecular weight excluding hydrogens is 756 g/mol. The van der Waals surface area contributed by atoms with Crippen LogP contribution in [0.3, 0.4) is 0 Å². The van der Waals surface area contributed by atoms with Crippen LogP contribution in [0.15, 0.2) is 34.0 Å². The number of aliphatic hydroxyl groups excluding tert-OH is 8. The molecule has 0 bridgehead atoms. The number of hydrogen-bond acceptors (Lipinski definition) is 16. The van der Waals surface area contributed by atoms with Gasteiger partial charge in [-0.05, 0) is 24.8 Å². The van der Waals surface area contributed by atoms with Crippen LogP contribution in [-0.4, -0.2) is 155 Å². The minimum absolute atomic E-state index is 0.598. The monoisotopic (exact) mass is 816 g/mol. The zero-order valence-electron chi connectivity index (χ0n) is 32.4. The Morgan fingerprint density at radius 1 is 0.842 bits per heavy atom. The fraction of sp³-hybridized carbons (Fsp3) is 0.784. The molecule has 0 aliphatic carbocycles. The van der Waals surface area contributed by atoms with Gasteiger partial charge in [0.1, 0.15) is 60.9 Å². The number of allylic oxidation sites excluding steroid dienone is 1. The van der Waals surface area contributed by atoms with Crippen molar-refractivity contribution in [2.24, 2.45) is 5.92 Å². The molecule has 2 amide bonds. The fourth-order valence-electron chi connectivity index (χ4n) is 7.27. The first-order valence-electron chi connectivity index (χ1n) is 19.6. The van der Waals surface area contributed by atoms with Crippen LogP contribution in [0.1, 0.15) is 84.8 Å². The Kier molecular flexibility index (Phi) is 17.8. The van der Waals surface area contributed by atoms with E-state index in [1.54, 1.807) is 6.08 Å². The molecule has 4 rings (SSSR count). The third kappa shape index (κ3) is 12.4. The summed E-state index contributed by atoms with van der Waals surface area (Å²) in [6.07, 6.45) is -10.3. The first-order chi connectivity index (χ1) is 27.0. The van der Waals surface area contributed by atoms with E-state index in [0.717, 1.165) is 49.4 Å². The van der Waals surface area contributed by atoms with Gasteiger partial charge in [-0.1, -0.05) is 58.4 Å². The fourth-order valence-corrected chi connectivity index (χ4v) is 7.27. The van der Waals surface area contributed by atoms with Crippen LogP contribution >= 0.6 is 0 Å². The summed E-state index contributed by atoms with van der Waals surface area (Å²) >= 11 is 0. The number of aromatic amines is 1. The Morgan fingerprint density at radius 3 is 2.05 bits per heavy atom. The van der Waals surface area contributed by atoms with Gasteiger partial charge >= 0.3 is 5.69 Å². The van der Waals surface area contributed by atoms with E-state index in [-0.39, 0.29) is 0 Å². The average molecular weight is 817 g/mol. The zero-order chi connectivity index (χ0) is 42.0. The Bertz CT molecular complexity index is 1570. The highest BCUT2D eigenvalue weighted by Crippen LogP contribution is 2.34. The number of rotatable bonds is 19. The molecule has 324 valence electrons. The maximum absolute atomic E-state index is 13.1. The van der Waals surface area contributed by atoms with Gasteiger partial charge in [-0.25, -0.2) is 4.79 Å². The molecule has 15 unspecified atom stereocenters. The van der Waals surface area contributed by atoms with E-state index in [4.69, 9.17) is 18.9 Å². The topological polar surface area (TPSA) is 312 Å². The number of aromatic nitrogens is 2. The number of amides is 2. The third-order valence-corrected chi connectivity index (χ3v) is 10.5. The lowest BCUT2D eigenvalue weighted by Gasteiger charge is -2.47. The summed E-state index contributed by atoms with van der Waals surface area (Å²) in [6.45, 7) is 4.75. The first kappa shape index (κ1) is 46.6. The van der Waals surface area contributed by atoms with Crippen LogP contribution < -0.4 is 21.9 Å². The molecule has 1 aromatic rings. The van der Waals surface area contributed by atoms with Crippen LogP contribution in [0.5, 0.6) is 0 Å². The highest BCUT2D eigenvalue weighted by Gasteiger charge is 2.53. The maximum Gasteiger partial charge on any atom is 0.330 e. The number of H-pyrrole nitrogens is 1. The first-order valence-corrected chi connectivity index (χ1v) is 19.6. The summed E-state index contributed by atoms with van der Waals surface area (Å²) < 4.78 is 24.1. The summed E-state index contributed by atoms with van der Waals surface area (Å²) in [7, 11) is 0. The van der Waals surface area contributed by atoms with E-state index in [1.807, 2.05) is 4.98 Å². The van der Waals surface area contributed by atoms with Crippen LogP contribution in [0, 0.1) is 5.92 Å². The predicted molar refractivity (Wildman–Crippen MR) is 198 cm³/mol. The molecule has 57 heavy (non-hydrogen) atoms. The van der Waals surface area contributed by atoms with E-state index in [2.05, 4.69) is 24.5 Å². The van der Waals surface area contributed by atoms with Gasteiger partial charge in [-0.15, -0.1) is 0 Å². The van der Waals surface area contributed by atoms with Crippen molar-refractivity contribution in [2.75, 3.05) is 6.61 Å². The molecule has 3 aliphatic rings. The Balaban J connectivity index is 1.48. The van der Waals surface area contributed by atoms with Crippen molar-refractivity contribution in [1.82, 2.24) is 20.2 Å². The second-order valence-corrected chi connectivity index (χ2v) is 15.4. The van der Waals surface area contributed by atoms with Crippen LogP contribution in [0.25, 0.3) is 0 Å². The van der Waals surface area contributed by atoms with Gasteiger partial charge in [-0.3, -0.25) is 23.9 Å². The van der Waals surface area contributed by atoms with Gasteiger partial charge < -0.3 is 70.4 Å². The van der Waals surface area contributed by atoms with Crippen LogP contribution in [0.4, 0.5) is 0 Å². The van der Waals surface area contributed by atoms with Crippen molar-refractivity contribution in [1.29, 1.82) is 0 Å². The van der Waals surface area contributed by atoms with Gasteiger partial charge in [0.25, 0.3) is 5.56 Å². The maximum atomic E-state index is 13.1. The summed E-state index contributed by atoms with van der Waals surface area (Å²) in [4.78, 5) is 51.0. The van der Waals surface area contributed by atoms with E-state index in [9.17, 15) is 60.0 Å². The number of unbranched alkanes of at least 4 members (excludes halogenated alkanes) is 6. The smallest absolute Gasteiger partial charge is 0.330 e. The van der Waals surface area contributed by atoms with E-state index in [1.165, 1.54) is 25.3 Å². The molecule has 11 N–H and O–H groups in total. The van der Waals surface area contributed by atoms with Crippen molar-refractivity contribution >= 4 is 11.8 Å². The van der Waals surface area contributed by atoms with Gasteiger partial charge in [0.2, 0.25) is 11.8 Å². The molecule has 20 heteroatoms. The number of carbonyl (C=O) groups is 2. The second-order valence-electron chi connectivity index (χ2n) is 15.4. The number of nitrogens with zero attached hydrogens (tertiary/aromatic N) is 1. The summed E-state index contributed by atoms with van der Waals surface area (Å²) in [5.74, 6) is -0.665. The lowest BCUT2D eigenvalue weighted by atomic mass is 9.91. The van der Waals surface area contributed by atoms with Crippen molar-refractivity contribution in [3.63, 3.8) is 0 Å². The lowest BCUT2D eigenvalue weighted by molar-refractivity contribution is -0.346.